The van der Waals surface area contributed by atoms with Gasteiger partial charge in [0.05, 0.1) is 30.1 Å². The van der Waals surface area contributed by atoms with Gasteiger partial charge in [0.2, 0.25) is 5.91 Å². The second-order valence-corrected chi connectivity index (χ2v) is 15.3. The average molecular weight is 603 g/mol. The first-order chi connectivity index (χ1) is 19.9. The largest absolute Gasteiger partial charge is 0.496 e. The van der Waals surface area contributed by atoms with E-state index in [1.165, 1.54) is 19.2 Å². The predicted octanol–water partition coefficient (Wildman–Crippen LogP) is 6.20. The lowest BCUT2D eigenvalue weighted by Gasteiger charge is -2.37. The molecule has 0 saturated heterocycles. The number of nitrogens with one attached hydrogen (secondary N) is 2. The van der Waals surface area contributed by atoms with E-state index in [-0.39, 0.29) is 70.3 Å². The summed E-state index contributed by atoms with van der Waals surface area (Å²) in [4.78, 5) is 39.9. The van der Waals surface area contributed by atoms with Crippen LogP contribution in [-0.4, -0.2) is 48.7 Å². The molecule has 0 spiro atoms. The summed E-state index contributed by atoms with van der Waals surface area (Å²) in [6, 6.07) is 2.25. The Hall–Kier alpha value is -2.84. The second-order valence-electron chi connectivity index (χ2n) is 15.3. The van der Waals surface area contributed by atoms with E-state index in [4.69, 9.17) is 14.2 Å². The van der Waals surface area contributed by atoms with Crippen molar-refractivity contribution in [3.63, 3.8) is 0 Å². The minimum atomic E-state index is -0.623. The van der Waals surface area contributed by atoms with E-state index in [2.05, 4.69) is 31.4 Å². The van der Waals surface area contributed by atoms with Crippen molar-refractivity contribution in [1.82, 2.24) is 10.6 Å². The van der Waals surface area contributed by atoms with Crippen molar-refractivity contribution in [2.45, 2.75) is 124 Å². The first-order valence-electron chi connectivity index (χ1n) is 15.8. The molecule has 9 heteroatoms. The molecule has 8 nitrogen and oxygen atoms in total. The van der Waals surface area contributed by atoms with Gasteiger partial charge in [0, 0.05) is 18.2 Å². The number of benzene rings is 1. The lowest BCUT2D eigenvalue weighted by molar-refractivity contribution is -0.169. The smallest absolute Gasteiger partial charge is 0.312 e. The molecule has 5 atom stereocenters. The van der Waals surface area contributed by atoms with Crippen LogP contribution < -0.4 is 20.1 Å². The Labute approximate surface area is 256 Å². The number of carbonyl (C=O) groups is 3. The van der Waals surface area contributed by atoms with Crippen molar-refractivity contribution in [2.24, 2.45) is 28.6 Å². The molecule has 3 saturated carbocycles. The topological polar surface area (TPSA) is 103 Å². The Bertz CT molecular complexity index is 1210. The molecule has 3 aliphatic rings. The molecule has 1 aromatic rings. The maximum atomic E-state index is 15.2. The molecule has 0 radical (unpaired) electrons. The van der Waals surface area contributed by atoms with Gasteiger partial charge in [-0.25, -0.2) is 4.39 Å². The van der Waals surface area contributed by atoms with Gasteiger partial charge >= 0.3 is 5.97 Å². The third-order valence-corrected chi connectivity index (χ3v) is 9.89. The van der Waals surface area contributed by atoms with Crippen LogP contribution in [0.1, 0.15) is 111 Å². The van der Waals surface area contributed by atoms with Gasteiger partial charge in [-0.2, -0.15) is 0 Å². The molecule has 0 heterocycles. The van der Waals surface area contributed by atoms with E-state index < -0.39 is 22.7 Å². The van der Waals surface area contributed by atoms with E-state index in [9.17, 15) is 14.4 Å². The number of halogens is 1. The van der Waals surface area contributed by atoms with E-state index in [1.807, 2.05) is 34.6 Å². The number of carbonyl (C=O) groups excluding carboxylic acids is 3. The summed E-state index contributed by atoms with van der Waals surface area (Å²) >= 11 is 0. The van der Waals surface area contributed by atoms with Crippen molar-refractivity contribution < 1.29 is 33.0 Å². The molecular weight excluding hydrogens is 551 g/mol. The molecule has 2 N–H and O–H groups in total. The van der Waals surface area contributed by atoms with Crippen molar-refractivity contribution in [1.29, 1.82) is 0 Å². The maximum Gasteiger partial charge on any atom is 0.312 e. The Morgan fingerprint density at radius 2 is 1.60 bits per heavy atom. The van der Waals surface area contributed by atoms with E-state index in [0.717, 1.165) is 19.3 Å². The zero-order valence-corrected chi connectivity index (χ0v) is 27.4. The minimum absolute atomic E-state index is 0.0193. The molecule has 2 amide bonds. The van der Waals surface area contributed by atoms with Crippen LogP contribution in [0.2, 0.25) is 0 Å². The van der Waals surface area contributed by atoms with E-state index in [0.29, 0.717) is 25.7 Å². The molecule has 1 aromatic carbocycles. The fourth-order valence-corrected chi connectivity index (χ4v) is 6.73. The summed E-state index contributed by atoms with van der Waals surface area (Å²) in [7, 11) is 1.40. The SMILES string of the molecule is COc1cc(F)c(OC2CCC(C)(C(=O)OC(C)(C)C)CC2)cc1C(=O)N[C@@H]1[C@H]2CC[C@H](C2)[C@@H]1C(=O)N[C@H](C)C(C)(C)C. The quantitative estimate of drug-likeness (QED) is 0.344. The van der Waals surface area contributed by atoms with Crippen LogP contribution in [0.3, 0.4) is 0 Å². The summed E-state index contributed by atoms with van der Waals surface area (Å²) in [5.41, 5.74) is -1.11. The van der Waals surface area contributed by atoms with Crippen LogP contribution in [-0.2, 0) is 14.3 Å². The van der Waals surface area contributed by atoms with Gasteiger partial charge < -0.3 is 24.8 Å². The Morgan fingerprint density at radius 3 is 2.19 bits per heavy atom. The van der Waals surface area contributed by atoms with E-state index in [1.54, 1.807) is 0 Å². The number of amides is 2. The number of hydrogen-bond acceptors (Lipinski definition) is 6. The van der Waals surface area contributed by atoms with Gasteiger partial charge in [0.15, 0.2) is 11.6 Å². The van der Waals surface area contributed by atoms with Crippen molar-refractivity contribution in [2.75, 3.05) is 7.11 Å². The summed E-state index contributed by atoms with van der Waals surface area (Å²) < 4.78 is 32.2. The molecule has 2 bridgehead atoms. The average Bonchev–Trinajstić information content (AvgIpc) is 3.51. The molecule has 0 aliphatic heterocycles. The van der Waals surface area contributed by atoms with Crippen molar-refractivity contribution in [3.8, 4) is 11.5 Å². The zero-order chi connectivity index (χ0) is 31.9. The van der Waals surface area contributed by atoms with Gasteiger partial charge in [-0.1, -0.05) is 20.8 Å². The Balaban J connectivity index is 1.46. The molecule has 3 aliphatic carbocycles. The fraction of sp³-hybridized carbons (Fsp3) is 0.735. The van der Waals surface area contributed by atoms with Gasteiger partial charge in [0.1, 0.15) is 11.4 Å². The number of rotatable bonds is 8. The highest BCUT2D eigenvalue weighted by molar-refractivity contribution is 5.98. The number of fused-ring (bicyclic) bond motifs is 2. The van der Waals surface area contributed by atoms with Crippen molar-refractivity contribution in [3.05, 3.63) is 23.5 Å². The summed E-state index contributed by atoms with van der Waals surface area (Å²) in [5, 5.41) is 6.31. The van der Waals surface area contributed by atoms with E-state index >= 15 is 4.39 Å². The van der Waals surface area contributed by atoms with Crippen LogP contribution in [0, 0.1) is 34.4 Å². The predicted molar refractivity (Wildman–Crippen MR) is 162 cm³/mol. The first kappa shape index (κ1) is 33.1. The highest BCUT2D eigenvalue weighted by Gasteiger charge is 2.52. The molecule has 240 valence electrons. The van der Waals surface area contributed by atoms with Gasteiger partial charge in [0.25, 0.3) is 5.91 Å². The van der Waals surface area contributed by atoms with Gasteiger partial charge in [-0.3, -0.25) is 14.4 Å². The summed E-state index contributed by atoms with van der Waals surface area (Å²) in [6.07, 6.45) is 4.76. The molecular formula is C34H51FN2O6. The fourth-order valence-electron chi connectivity index (χ4n) is 6.73. The number of methoxy groups -OCH3 is 1. The highest BCUT2D eigenvalue weighted by atomic mass is 19.1. The lowest BCUT2D eigenvalue weighted by atomic mass is 9.74. The lowest BCUT2D eigenvalue weighted by Crippen LogP contribution is -2.52. The molecule has 4 rings (SSSR count). The Kier molecular flexibility index (Phi) is 9.44. The van der Waals surface area contributed by atoms with Crippen LogP contribution in [0.25, 0.3) is 0 Å². The Morgan fingerprint density at radius 1 is 0.977 bits per heavy atom. The molecule has 43 heavy (non-hydrogen) atoms. The molecule has 3 fully saturated rings. The second kappa shape index (κ2) is 12.3. The molecule has 0 aromatic heterocycles. The summed E-state index contributed by atoms with van der Waals surface area (Å²) in [6.45, 7) is 15.7. The maximum absolute atomic E-state index is 15.2. The first-order valence-corrected chi connectivity index (χ1v) is 15.8. The molecule has 0 unspecified atom stereocenters. The number of ether oxygens (including phenoxy) is 3. The normalized spacial score (nSPS) is 29.5. The van der Waals surface area contributed by atoms with Crippen molar-refractivity contribution >= 4 is 17.8 Å². The highest BCUT2D eigenvalue weighted by Crippen LogP contribution is 2.49. The van der Waals surface area contributed by atoms with Gasteiger partial charge in [-0.05, 0) is 103 Å². The third kappa shape index (κ3) is 7.46. The minimum Gasteiger partial charge on any atom is -0.496 e. The monoisotopic (exact) mass is 602 g/mol. The number of esters is 1. The summed E-state index contributed by atoms with van der Waals surface area (Å²) in [5.74, 6) is -1.07. The zero-order valence-electron chi connectivity index (χ0n) is 27.4. The van der Waals surface area contributed by atoms with Gasteiger partial charge in [-0.15, -0.1) is 0 Å². The van der Waals surface area contributed by atoms with Crippen LogP contribution >= 0.6 is 0 Å². The van der Waals surface area contributed by atoms with Crippen LogP contribution in [0.15, 0.2) is 12.1 Å². The van der Waals surface area contributed by atoms with Crippen LogP contribution in [0.5, 0.6) is 11.5 Å². The third-order valence-electron chi connectivity index (χ3n) is 9.89. The van der Waals surface area contributed by atoms with Crippen LogP contribution in [0.4, 0.5) is 4.39 Å². The standard InChI is InChI=1S/C34H51FN2O6/c1-19(32(2,3)4)36-30(39)27-20-10-11-21(16-20)28(27)37-29(38)23-17-26(24(35)18-25(23)41-9)42-22-12-14-34(8,15-13-22)31(40)43-33(5,6)7/h17-22,27-28H,10-16H2,1-9H3,(H,36,39)(H,37,38)/t19-,20-,21+,22?,27+,28-,34?/m1/s1. The number of hydrogen-bond donors (Lipinski definition) is 2.